The van der Waals surface area contributed by atoms with E-state index in [4.69, 9.17) is 4.74 Å². The van der Waals surface area contributed by atoms with Gasteiger partial charge in [-0.1, -0.05) is 7.43 Å². The summed E-state index contributed by atoms with van der Waals surface area (Å²) >= 11 is 0. The first-order valence-corrected chi connectivity index (χ1v) is 13.0. The number of hydrogen-bond acceptors (Lipinski definition) is 5. The van der Waals surface area contributed by atoms with Crippen molar-refractivity contribution in [2.24, 2.45) is 0 Å². The highest BCUT2D eigenvalue weighted by Crippen LogP contribution is 2.25. The number of aryl methyl sites for hydroxylation is 4. The van der Waals surface area contributed by atoms with Crippen LogP contribution in [0.15, 0.2) is 60.9 Å². The largest absolute Gasteiger partial charge is 0.381 e. The predicted octanol–water partition coefficient (Wildman–Crippen LogP) is 7.84. The number of pyridine rings is 2. The number of nitrogens with one attached hydrogen (secondary N) is 2. The van der Waals surface area contributed by atoms with Crippen molar-refractivity contribution in [3.05, 3.63) is 94.3 Å². The zero-order valence-electron chi connectivity index (χ0n) is 22.9. The van der Waals surface area contributed by atoms with Crippen molar-refractivity contribution < 1.29 is 4.74 Å². The highest BCUT2D eigenvalue weighted by atomic mass is 16.5. The summed E-state index contributed by atoms with van der Waals surface area (Å²) in [6.45, 7) is 15.6. The molecule has 0 unspecified atom stereocenters. The average molecular weight is 511 g/mol. The van der Waals surface area contributed by atoms with Crippen molar-refractivity contribution in [1.82, 2.24) is 9.97 Å². The minimum absolute atomic E-state index is 0. The highest BCUT2D eigenvalue weighted by Gasteiger charge is 2.06. The van der Waals surface area contributed by atoms with Gasteiger partial charge in [0, 0.05) is 24.2 Å². The first-order valence-electron chi connectivity index (χ1n) is 13.0. The first kappa shape index (κ1) is 28.9. The Hall–Kier alpha value is -3.70. The van der Waals surface area contributed by atoms with Crippen LogP contribution in [0.3, 0.4) is 0 Å². The third-order valence-electron chi connectivity index (χ3n) is 7.12. The second kappa shape index (κ2) is 13.2. The lowest BCUT2D eigenvalue weighted by molar-refractivity contribution is 0.154. The molecule has 38 heavy (non-hydrogen) atoms. The van der Waals surface area contributed by atoms with Crippen molar-refractivity contribution >= 4 is 11.4 Å². The van der Waals surface area contributed by atoms with Crippen LogP contribution in [-0.2, 0) is 4.74 Å². The van der Waals surface area contributed by atoms with Gasteiger partial charge in [-0.15, -0.1) is 0 Å². The van der Waals surface area contributed by atoms with Gasteiger partial charge in [0.1, 0.15) is 0 Å². The van der Waals surface area contributed by atoms with Gasteiger partial charge in [-0.05, 0) is 123 Å². The zero-order chi connectivity index (χ0) is 26.4. The van der Waals surface area contributed by atoms with Crippen molar-refractivity contribution in [1.29, 1.82) is 0 Å². The lowest BCUT2D eigenvalue weighted by Gasteiger charge is -2.11. The van der Waals surface area contributed by atoms with Gasteiger partial charge < -0.3 is 15.4 Å². The van der Waals surface area contributed by atoms with Crippen molar-refractivity contribution in [3.8, 4) is 22.5 Å². The highest BCUT2D eigenvalue weighted by molar-refractivity contribution is 5.65. The van der Waals surface area contributed by atoms with E-state index in [0.717, 1.165) is 47.0 Å². The Balaban J connectivity index is 0.00000400. The normalized spacial score (nSPS) is 10.7. The van der Waals surface area contributed by atoms with Crippen LogP contribution in [0, 0.1) is 41.5 Å². The molecule has 0 radical (unpaired) electrons. The molecular weight excluding hydrogens is 468 g/mol. The Kier molecular flexibility index (Phi) is 10.0. The topological polar surface area (TPSA) is 59.1 Å². The SMILES string of the molecule is C.Cc1cc(-c2ccc(NCCOCCNc3ccc(-c4cc(C)c(C)c(C)c4)nc3)cn2)cc(C)c1C. The van der Waals surface area contributed by atoms with E-state index in [2.05, 4.69) is 111 Å². The Labute approximate surface area is 228 Å². The summed E-state index contributed by atoms with van der Waals surface area (Å²) in [4.78, 5) is 9.28. The monoisotopic (exact) mass is 510 g/mol. The molecule has 2 N–H and O–H groups in total. The van der Waals surface area contributed by atoms with E-state index >= 15 is 0 Å². The Bertz CT molecular complexity index is 1190. The summed E-state index contributed by atoms with van der Waals surface area (Å²) in [5.41, 5.74) is 14.2. The average Bonchev–Trinajstić information content (AvgIpc) is 2.90. The van der Waals surface area contributed by atoms with Crippen LogP contribution >= 0.6 is 0 Å². The number of rotatable bonds is 10. The van der Waals surface area contributed by atoms with Crippen molar-refractivity contribution in [3.63, 3.8) is 0 Å². The second-order valence-corrected chi connectivity index (χ2v) is 9.80. The number of anilines is 2. The maximum Gasteiger partial charge on any atom is 0.0703 e. The molecule has 5 nitrogen and oxygen atoms in total. The molecule has 4 aromatic rings. The molecule has 0 atom stereocenters. The van der Waals surface area contributed by atoms with Gasteiger partial charge in [-0.2, -0.15) is 0 Å². The van der Waals surface area contributed by atoms with E-state index in [0.29, 0.717) is 13.2 Å². The summed E-state index contributed by atoms with van der Waals surface area (Å²) in [6.07, 6.45) is 3.77. The third-order valence-corrected chi connectivity index (χ3v) is 7.12. The van der Waals surface area contributed by atoms with Gasteiger partial charge in [-0.25, -0.2) is 0 Å². The summed E-state index contributed by atoms with van der Waals surface area (Å²) in [5.74, 6) is 0. The number of hydrogen-bond donors (Lipinski definition) is 2. The first-order chi connectivity index (χ1) is 17.8. The van der Waals surface area contributed by atoms with Gasteiger partial charge in [0.25, 0.3) is 0 Å². The molecule has 2 heterocycles. The molecule has 0 spiro atoms. The molecule has 0 aliphatic carbocycles. The molecule has 5 heteroatoms. The van der Waals surface area contributed by atoms with E-state index in [1.807, 2.05) is 12.4 Å². The van der Waals surface area contributed by atoms with Crippen LogP contribution in [0.2, 0.25) is 0 Å². The summed E-state index contributed by atoms with van der Waals surface area (Å²) in [5, 5.41) is 6.76. The van der Waals surface area contributed by atoms with Gasteiger partial charge in [0.2, 0.25) is 0 Å². The minimum atomic E-state index is 0. The fourth-order valence-corrected chi connectivity index (χ4v) is 4.34. The number of aromatic nitrogens is 2. The molecule has 2 aromatic carbocycles. The molecule has 0 bridgehead atoms. The van der Waals surface area contributed by atoms with E-state index in [1.54, 1.807) is 0 Å². The van der Waals surface area contributed by atoms with Gasteiger partial charge in [0.05, 0.1) is 48.4 Å². The van der Waals surface area contributed by atoms with Crippen LogP contribution in [0.25, 0.3) is 22.5 Å². The minimum Gasteiger partial charge on any atom is -0.381 e. The van der Waals surface area contributed by atoms with E-state index in [9.17, 15) is 0 Å². The number of nitrogens with zero attached hydrogens (tertiary/aromatic N) is 2. The van der Waals surface area contributed by atoms with E-state index in [-0.39, 0.29) is 7.43 Å². The predicted molar refractivity (Wildman–Crippen MR) is 162 cm³/mol. The molecule has 200 valence electrons. The molecule has 4 rings (SSSR count). The van der Waals surface area contributed by atoms with Crippen LogP contribution in [0.4, 0.5) is 11.4 Å². The maximum atomic E-state index is 5.77. The Morgan fingerprint density at radius 3 is 1.26 bits per heavy atom. The lowest BCUT2D eigenvalue weighted by atomic mass is 9.99. The summed E-state index contributed by atoms with van der Waals surface area (Å²) < 4.78 is 5.77. The maximum absolute atomic E-state index is 5.77. The van der Waals surface area contributed by atoms with E-state index < -0.39 is 0 Å². The Morgan fingerprint density at radius 1 is 0.579 bits per heavy atom. The fraction of sp³-hybridized carbons (Fsp3) is 0.333. The van der Waals surface area contributed by atoms with Crippen LogP contribution in [0.1, 0.15) is 40.8 Å². The standard InChI is InChI=1S/C32H38N4O.CH4/c1-21-15-27(16-22(2)25(21)5)31-9-7-29(19-35-31)33-11-13-37-14-12-34-30-8-10-32(36-20-30)28-17-23(3)26(6)24(4)18-28;/h7-10,15-20,33-34H,11-14H2,1-6H3;1H4. The molecule has 2 aromatic heterocycles. The second-order valence-electron chi connectivity index (χ2n) is 9.80. The van der Waals surface area contributed by atoms with Gasteiger partial charge >= 0.3 is 0 Å². The van der Waals surface area contributed by atoms with Crippen molar-refractivity contribution in [2.45, 2.75) is 49.0 Å². The quantitative estimate of drug-likeness (QED) is 0.213. The molecular formula is C33H42N4O. The van der Waals surface area contributed by atoms with Crippen LogP contribution < -0.4 is 10.6 Å². The molecule has 0 saturated heterocycles. The van der Waals surface area contributed by atoms with Crippen LogP contribution in [0.5, 0.6) is 0 Å². The van der Waals surface area contributed by atoms with Crippen LogP contribution in [-0.4, -0.2) is 36.3 Å². The zero-order valence-corrected chi connectivity index (χ0v) is 22.9. The molecule has 0 fully saturated rings. The summed E-state index contributed by atoms with van der Waals surface area (Å²) in [6, 6.07) is 17.1. The third kappa shape index (κ3) is 7.20. The summed E-state index contributed by atoms with van der Waals surface area (Å²) in [7, 11) is 0. The van der Waals surface area contributed by atoms with Gasteiger partial charge in [-0.3, -0.25) is 9.97 Å². The smallest absolute Gasteiger partial charge is 0.0703 e. The molecule has 0 amide bonds. The lowest BCUT2D eigenvalue weighted by Crippen LogP contribution is -2.14. The van der Waals surface area contributed by atoms with Crippen molar-refractivity contribution in [2.75, 3.05) is 36.9 Å². The number of ether oxygens (including phenoxy) is 1. The number of benzene rings is 2. The molecule has 0 aliphatic rings. The Morgan fingerprint density at radius 2 is 0.947 bits per heavy atom. The fourth-order valence-electron chi connectivity index (χ4n) is 4.34. The van der Waals surface area contributed by atoms with Gasteiger partial charge in [0.15, 0.2) is 0 Å². The van der Waals surface area contributed by atoms with E-state index in [1.165, 1.54) is 33.4 Å². The molecule has 0 aliphatic heterocycles. The molecule has 0 saturated carbocycles.